The minimum atomic E-state index is 0.284. The van der Waals surface area contributed by atoms with Gasteiger partial charge in [0.2, 0.25) is 0 Å². The van der Waals surface area contributed by atoms with Gasteiger partial charge in [-0.3, -0.25) is 4.99 Å². The van der Waals surface area contributed by atoms with Crippen molar-refractivity contribution in [3.8, 4) is 0 Å². The Hall–Kier alpha value is -1.69. The molecule has 0 radical (unpaired) electrons. The molecule has 0 saturated heterocycles. The maximum absolute atomic E-state index is 5.90. The van der Waals surface area contributed by atoms with Gasteiger partial charge in [-0.25, -0.2) is 4.98 Å². The summed E-state index contributed by atoms with van der Waals surface area (Å²) in [7, 11) is 0. The fraction of sp³-hybridized carbons (Fsp3) is 0.429. The van der Waals surface area contributed by atoms with Crippen LogP contribution >= 0.6 is 11.8 Å². The van der Waals surface area contributed by atoms with E-state index in [0.29, 0.717) is 11.5 Å². The van der Waals surface area contributed by atoms with Crippen LogP contribution in [0.1, 0.15) is 33.6 Å². The molecule has 0 saturated carbocycles. The smallest absolute Gasteiger partial charge is 0.150 e. The molecule has 0 aliphatic rings. The van der Waals surface area contributed by atoms with E-state index in [2.05, 4.69) is 23.8 Å². The highest BCUT2D eigenvalue weighted by Gasteiger charge is 2.07. The largest absolute Gasteiger partial charge is 0.395 e. The second-order valence-corrected chi connectivity index (χ2v) is 5.62. The van der Waals surface area contributed by atoms with Crippen LogP contribution in [0, 0.1) is 0 Å². The topological polar surface area (TPSA) is 103 Å². The first-order chi connectivity index (χ1) is 9.45. The van der Waals surface area contributed by atoms with Gasteiger partial charge in [0.1, 0.15) is 11.6 Å². The minimum Gasteiger partial charge on any atom is -0.395 e. The Balaban J connectivity index is 2.74. The number of nitrogens with zero attached hydrogens (tertiary/aromatic N) is 2. The first-order valence-electron chi connectivity index (χ1n) is 6.58. The molecule has 6 N–H and O–H groups in total. The Bertz CT molecular complexity index is 523. The summed E-state index contributed by atoms with van der Waals surface area (Å²) in [5.74, 6) is 1.47. The van der Waals surface area contributed by atoms with Crippen LogP contribution in [0.3, 0.4) is 0 Å². The molecule has 0 aliphatic heterocycles. The quantitative estimate of drug-likeness (QED) is 0.552. The molecule has 6 heteroatoms. The summed E-state index contributed by atoms with van der Waals surface area (Å²) in [5.41, 5.74) is 20.0. The molecule has 0 amide bonds. The molecule has 1 aromatic rings. The van der Waals surface area contributed by atoms with Crippen LogP contribution in [0.15, 0.2) is 27.2 Å². The van der Waals surface area contributed by atoms with Crippen LogP contribution in [0.2, 0.25) is 0 Å². The van der Waals surface area contributed by atoms with Crippen LogP contribution in [0.25, 0.3) is 0 Å². The standard InChI is InChI=1S/C14H23N5S/c1-4-5-6-18-10(3)9(2)8-20-11-7-12(15)19-14(17)13(11)16/h6-7H,4-5,8,16H2,1-3H3,(H4,15,17,19)/b10-9+,18-6?. The van der Waals surface area contributed by atoms with Gasteiger partial charge in [-0.15, -0.1) is 11.8 Å². The van der Waals surface area contributed by atoms with Gasteiger partial charge in [-0.05, 0) is 31.9 Å². The number of thioether (sulfide) groups is 1. The Morgan fingerprint density at radius 2 is 2.05 bits per heavy atom. The van der Waals surface area contributed by atoms with E-state index in [9.17, 15) is 0 Å². The second-order valence-electron chi connectivity index (χ2n) is 4.60. The number of aromatic nitrogens is 1. The number of hydrogen-bond acceptors (Lipinski definition) is 6. The van der Waals surface area contributed by atoms with Gasteiger partial charge in [0, 0.05) is 22.6 Å². The van der Waals surface area contributed by atoms with Crippen molar-refractivity contribution in [3.05, 3.63) is 17.3 Å². The highest BCUT2D eigenvalue weighted by molar-refractivity contribution is 7.99. The Labute approximate surface area is 124 Å². The molecular weight excluding hydrogens is 270 g/mol. The lowest BCUT2D eigenvalue weighted by molar-refractivity contribution is 1.00. The molecule has 20 heavy (non-hydrogen) atoms. The first-order valence-corrected chi connectivity index (χ1v) is 7.57. The van der Waals surface area contributed by atoms with Gasteiger partial charge in [0.15, 0.2) is 0 Å². The number of hydrogen-bond donors (Lipinski definition) is 3. The first kappa shape index (κ1) is 16.4. The van der Waals surface area contributed by atoms with Crippen LogP contribution in [0.5, 0.6) is 0 Å². The normalized spacial score (nSPS) is 12.8. The molecule has 0 aliphatic carbocycles. The average molecular weight is 293 g/mol. The number of unbranched alkanes of at least 4 members (excludes halogenated alkanes) is 1. The minimum absolute atomic E-state index is 0.284. The van der Waals surface area contributed by atoms with Crippen LogP contribution in [-0.4, -0.2) is 17.0 Å². The lowest BCUT2D eigenvalue weighted by Gasteiger charge is -2.09. The zero-order valence-corrected chi connectivity index (χ0v) is 13.1. The van der Waals surface area contributed by atoms with E-state index in [-0.39, 0.29) is 5.82 Å². The summed E-state index contributed by atoms with van der Waals surface area (Å²) >= 11 is 1.59. The Morgan fingerprint density at radius 3 is 2.70 bits per heavy atom. The van der Waals surface area contributed by atoms with Gasteiger partial charge < -0.3 is 17.2 Å². The van der Waals surface area contributed by atoms with Crippen molar-refractivity contribution in [2.75, 3.05) is 23.0 Å². The third kappa shape index (κ3) is 4.77. The van der Waals surface area contributed by atoms with Crippen LogP contribution < -0.4 is 17.2 Å². The van der Waals surface area contributed by atoms with E-state index >= 15 is 0 Å². The lowest BCUT2D eigenvalue weighted by atomic mass is 10.3. The number of nitrogens with two attached hydrogens (primary N) is 3. The van der Waals surface area contributed by atoms with Crippen molar-refractivity contribution in [1.82, 2.24) is 4.98 Å². The zero-order valence-electron chi connectivity index (χ0n) is 12.3. The summed E-state index contributed by atoms with van der Waals surface area (Å²) in [6, 6.07) is 1.75. The summed E-state index contributed by atoms with van der Waals surface area (Å²) in [6.45, 7) is 6.21. The number of nitrogen functional groups attached to an aromatic ring is 3. The molecule has 0 unspecified atom stereocenters. The van der Waals surface area contributed by atoms with E-state index in [0.717, 1.165) is 29.2 Å². The molecule has 0 spiro atoms. The molecule has 0 atom stereocenters. The fourth-order valence-corrected chi connectivity index (χ4v) is 2.47. The zero-order chi connectivity index (χ0) is 15.1. The fourth-order valence-electron chi connectivity index (χ4n) is 1.42. The maximum Gasteiger partial charge on any atom is 0.150 e. The van der Waals surface area contributed by atoms with Crippen LogP contribution in [-0.2, 0) is 0 Å². The molecule has 110 valence electrons. The molecule has 1 aromatic heterocycles. The van der Waals surface area contributed by atoms with Gasteiger partial charge in [-0.1, -0.05) is 13.3 Å². The molecule has 5 nitrogen and oxygen atoms in total. The Kier molecular flexibility index (Phi) is 6.38. The van der Waals surface area contributed by atoms with E-state index < -0.39 is 0 Å². The summed E-state index contributed by atoms with van der Waals surface area (Å²) in [4.78, 5) is 9.22. The predicted molar refractivity (Wildman–Crippen MR) is 90.0 cm³/mol. The van der Waals surface area contributed by atoms with Crippen molar-refractivity contribution in [2.24, 2.45) is 4.99 Å². The third-order valence-electron chi connectivity index (χ3n) is 2.83. The molecule has 0 fully saturated rings. The van der Waals surface area contributed by atoms with Crippen LogP contribution in [0.4, 0.5) is 17.3 Å². The van der Waals surface area contributed by atoms with E-state index in [4.69, 9.17) is 17.2 Å². The number of aliphatic imine (C=N–C) groups is 1. The van der Waals surface area contributed by atoms with Crippen molar-refractivity contribution >= 4 is 35.3 Å². The van der Waals surface area contributed by atoms with Crippen molar-refractivity contribution < 1.29 is 0 Å². The number of pyridine rings is 1. The van der Waals surface area contributed by atoms with Crippen molar-refractivity contribution in [2.45, 2.75) is 38.5 Å². The highest BCUT2D eigenvalue weighted by atomic mass is 32.2. The maximum atomic E-state index is 5.90. The molecule has 0 aromatic carbocycles. The highest BCUT2D eigenvalue weighted by Crippen LogP contribution is 2.31. The van der Waals surface area contributed by atoms with Gasteiger partial charge in [-0.2, -0.15) is 0 Å². The number of anilines is 3. The molecule has 1 heterocycles. The van der Waals surface area contributed by atoms with Gasteiger partial charge in [0.25, 0.3) is 0 Å². The third-order valence-corrected chi connectivity index (χ3v) is 4.06. The van der Waals surface area contributed by atoms with Crippen molar-refractivity contribution in [1.29, 1.82) is 0 Å². The predicted octanol–water partition coefficient (Wildman–Crippen LogP) is 3.09. The summed E-state index contributed by atoms with van der Waals surface area (Å²) < 4.78 is 0. The molecule has 1 rings (SSSR count). The average Bonchev–Trinajstić information content (AvgIpc) is 2.40. The second kappa shape index (κ2) is 7.79. The molecular formula is C14H23N5S. The van der Waals surface area contributed by atoms with E-state index in [1.54, 1.807) is 17.8 Å². The van der Waals surface area contributed by atoms with E-state index in [1.807, 2.05) is 13.1 Å². The lowest BCUT2D eigenvalue weighted by Crippen LogP contribution is -2.03. The monoisotopic (exact) mass is 293 g/mol. The molecule has 0 bridgehead atoms. The summed E-state index contributed by atoms with van der Waals surface area (Å²) in [6.07, 6.45) is 4.07. The summed E-state index contributed by atoms with van der Waals surface area (Å²) in [5, 5.41) is 0. The number of allylic oxidation sites excluding steroid dienone is 1. The van der Waals surface area contributed by atoms with Gasteiger partial charge in [0.05, 0.1) is 5.69 Å². The Morgan fingerprint density at radius 1 is 1.35 bits per heavy atom. The van der Waals surface area contributed by atoms with E-state index in [1.165, 1.54) is 5.57 Å². The number of rotatable bonds is 6. The van der Waals surface area contributed by atoms with Crippen molar-refractivity contribution in [3.63, 3.8) is 0 Å². The van der Waals surface area contributed by atoms with Gasteiger partial charge >= 0.3 is 0 Å². The SMILES string of the molecule is CCCC=N/C(C)=C(\C)CSc1cc(N)nc(N)c1N.